The summed E-state index contributed by atoms with van der Waals surface area (Å²) in [4.78, 5) is 14.5. The fraction of sp³-hybridized carbons (Fsp3) is 0.929. The number of hydrogen-bond donors (Lipinski definition) is 1. The van der Waals surface area contributed by atoms with Crippen molar-refractivity contribution in [2.75, 3.05) is 20.7 Å². The SMILES string of the molecule is COC(=O)C(CN(C)C(C)C)(NC(C)C)C1CC1. The predicted octanol–water partition coefficient (Wildman–Crippen LogP) is 1.65. The number of likely N-dealkylation sites (N-methyl/N-ethyl adjacent to an activating group) is 1. The molecule has 106 valence electrons. The van der Waals surface area contributed by atoms with Crippen LogP contribution in [0.5, 0.6) is 0 Å². The number of nitrogens with one attached hydrogen (secondary N) is 1. The lowest BCUT2D eigenvalue weighted by molar-refractivity contribution is -0.151. The number of nitrogens with zero attached hydrogens (tertiary/aromatic N) is 1. The van der Waals surface area contributed by atoms with Gasteiger partial charge < -0.3 is 9.64 Å². The van der Waals surface area contributed by atoms with Crippen LogP contribution >= 0.6 is 0 Å². The highest BCUT2D eigenvalue weighted by Gasteiger charge is 2.52. The van der Waals surface area contributed by atoms with Crippen molar-refractivity contribution in [3.05, 3.63) is 0 Å². The zero-order valence-corrected chi connectivity index (χ0v) is 12.6. The van der Waals surface area contributed by atoms with Crippen LogP contribution in [-0.2, 0) is 9.53 Å². The van der Waals surface area contributed by atoms with Crippen molar-refractivity contribution in [2.24, 2.45) is 5.92 Å². The number of ether oxygens (including phenoxy) is 1. The Kier molecular flexibility index (Phi) is 5.17. The number of carbonyl (C=O) groups is 1. The normalized spacial score (nSPS) is 19.4. The molecule has 0 aromatic heterocycles. The van der Waals surface area contributed by atoms with Crippen LogP contribution < -0.4 is 5.32 Å². The van der Waals surface area contributed by atoms with E-state index in [4.69, 9.17) is 4.74 Å². The quantitative estimate of drug-likeness (QED) is 0.703. The third-order valence-electron chi connectivity index (χ3n) is 3.75. The van der Waals surface area contributed by atoms with E-state index >= 15 is 0 Å². The van der Waals surface area contributed by atoms with Gasteiger partial charge in [0.05, 0.1) is 7.11 Å². The van der Waals surface area contributed by atoms with Gasteiger partial charge in [-0.1, -0.05) is 0 Å². The smallest absolute Gasteiger partial charge is 0.327 e. The molecule has 1 atom stereocenters. The fourth-order valence-electron chi connectivity index (χ4n) is 2.43. The van der Waals surface area contributed by atoms with E-state index in [1.165, 1.54) is 7.11 Å². The number of esters is 1. The molecule has 1 aliphatic rings. The van der Waals surface area contributed by atoms with Crippen LogP contribution in [0.3, 0.4) is 0 Å². The highest BCUT2D eigenvalue weighted by Crippen LogP contribution is 2.41. The zero-order chi connectivity index (χ0) is 13.9. The first-order valence-corrected chi connectivity index (χ1v) is 6.89. The number of carbonyl (C=O) groups excluding carboxylic acids is 1. The first kappa shape index (κ1) is 15.4. The van der Waals surface area contributed by atoms with E-state index in [1.54, 1.807) is 0 Å². The van der Waals surface area contributed by atoms with Crippen molar-refractivity contribution in [3.63, 3.8) is 0 Å². The van der Waals surface area contributed by atoms with Gasteiger partial charge in [-0.15, -0.1) is 0 Å². The van der Waals surface area contributed by atoms with Gasteiger partial charge in [-0.25, -0.2) is 4.79 Å². The third-order valence-corrected chi connectivity index (χ3v) is 3.75. The van der Waals surface area contributed by atoms with Crippen molar-refractivity contribution in [1.29, 1.82) is 0 Å². The summed E-state index contributed by atoms with van der Waals surface area (Å²) in [6.45, 7) is 9.15. The van der Waals surface area contributed by atoms with Crippen molar-refractivity contribution < 1.29 is 9.53 Å². The molecule has 4 nitrogen and oxygen atoms in total. The molecule has 0 bridgehead atoms. The Morgan fingerprint density at radius 1 is 1.39 bits per heavy atom. The number of methoxy groups -OCH3 is 1. The van der Waals surface area contributed by atoms with Gasteiger partial charge in [0.1, 0.15) is 5.54 Å². The number of rotatable bonds is 7. The van der Waals surface area contributed by atoms with E-state index in [-0.39, 0.29) is 12.0 Å². The maximum absolute atomic E-state index is 12.3. The van der Waals surface area contributed by atoms with E-state index in [0.29, 0.717) is 18.5 Å². The average Bonchev–Trinajstić information content (AvgIpc) is 3.09. The van der Waals surface area contributed by atoms with Gasteiger partial charge in [-0.3, -0.25) is 5.32 Å². The first-order chi connectivity index (χ1) is 8.33. The largest absolute Gasteiger partial charge is 0.468 e. The summed E-state index contributed by atoms with van der Waals surface area (Å²) >= 11 is 0. The van der Waals surface area contributed by atoms with Crippen LogP contribution in [-0.4, -0.2) is 49.2 Å². The lowest BCUT2D eigenvalue weighted by Crippen LogP contribution is -2.63. The molecule has 0 aromatic rings. The topological polar surface area (TPSA) is 41.6 Å². The van der Waals surface area contributed by atoms with Crippen LogP contribution in [0.4, 0.5) is 0 Å². The summed E-state index contributed by atoms with van der Waals surface area (Å²) < 4.78 is 5.07. The molecule has 0 radical (unpaired) electrons. The van der Waals surface area contributed by atoms with E-state index in [2.05, 4.69) is 45.0 Å². The summed E-state index contributed by atoms with van der Waals surface area (Å²) in [7, 11) is 3.55. The molecular weight excluding hydrogens is 228 g/mol. The van der Waals surface area contributed by atoms with E-state index in [0.717, 1.165) is 12.8 Å². The van der Waals surface area contributed by atoms with Gasteiger partial charge in [0.25, 0.3) is 0 Å². The highest BCUT2D eigenvalue weighted by molar-refractivity contribution is 5.82. The summed E-state index contributed by atoms with van der Waals surface area (Å²) in [6, 6.07) is 0.687. The van der Waals surface area contributed by atoms with Crippen molar-refractivity contribution in [3.8, 4) is 0 Å². The van der Waals surface area contributed by atoms with Gasteiger partial charge in [0.15, 0.2) is 0 Å². The summed E-state index contributed by atoms with van der Waals surface area (Å²) in [5.41, 5.74) is -0.540. The molecule has 1 rings (SSSR count). The molecule has 1 fully saturated rings. The molecule has 0 saturated heterocycles. The Balaban J connectivity index is 2.92. The van der Waals surface area contributed by atoms with E-state index < -0.39 is 5.54 Å². The van der Waals surface area contributed by atoms with Crippen molar-refractivity contribution in [1.82, 2.24) is 10.2 Å². The van der Waals surface area contributed by atoms with Gasteiger partial charge >= 0.3 is 5.97 Å². The molecule has 0 heterocycles. The average molecular weight is 256 g/mol. The maximum atomic E-state index is 12.3. The minimum atomic E-state index is -0.540. The molecule has 1 unspecified atom stereocenters. The predicted molar refractivity (Wildman–Crippen MR) is 73.5 cm³/mol. The molecule has 0 aliphatic heterocycles. The summed E-state index contributed by atoms with van der Waals surface area (Å²) in [6.07, 6.45) is 2.22. The second-order valence-corrected chi connectivity index (χ2v) is 6.05. The van der Waals surface area contributed by atoms with Crippen LogP contribution in [0.2, 0.25) is 0 Å². The lowest BCUT2D eigenvalue weighted by atomic mass is 9.91. The summed E-state index contributed by atoms with van der Waals surface area (Å²) in [5, 5.41) is 3.48. The van der Waals surface area contributed by atoms with Gasteiger partial charge in [0.2, 0.25) is 0 Å². The monoisotopic (exact) mass is 256 g/mol. The Morgan fingerprint density at radius 2 is 1.94 bits per heavy atom. The molecule has 4 heteroatoms. The molecule has 1 N–H and O–H groups in total. The molecule has 0 amide bonds. The van der Waals surface area contributed by atoms with Gasteiger partial charge in [-0.2, -0.15) is 0 Å². The second-order valence-electron chi connectivity index (χ2n) is 6.05. The van der Waals surface area contributed by atoms with Crippen molar-refractivity contribution >= 4 is 5.97 Å². The first-order valence-electron chi connectivity index (χ1n) is 6.89. The molecule has 0 spiro atoms. The highest BCUT2D eigenvalue weighted by atomic mass is 16.5. The van der Waals surface area contributed by atoms with Crippen molar-refractivity contribution in [2.45, 2.75) is 58.2 Å². The van der Waals surface area contributed by atoms with Crippen LogP contribution in [0.1, 0.15) is 40.5 Å². The lowest BCUT2D eigenvalue weighted by Gasteiger charge is -2.38. The Labute approximate surface area is 111 Å². The molecular formula is C14H28N2O2. The minimum Gasteiger partial charge on any atom is -0.468 e. The standard InChI is InChI=1S/C14H28N2O2/c1-10(2)15-14(12-7-8-12,13(17)18-6)9-16(5)11(3)4/h10-12,15H,7-9H2,1-6H3. The van der Waals surface area contributed by atoms with Crippen LogP contribution in [0.25, 0.3) is 0 Å². The second kappa shape index (κ2) is 6.02. The van der Waals surface area contributed by atoms with E-state index in [1.807, 2.05) is 0 Å². The fourth-order valence-corrected chi connectivity index (χ4v) is 2.43. The third kappa shape index (κ3) is 3.45. The number of hydrogen-bond acceptors (Lipinski definition) is 4. The van der Waals surface area contributed by atoms with Gasteiger partial charge in [-0.05, 0) is 53.5 Å². The zero-order valence-electron chi connectivity index (χ0n) is 12.6. The molecule has 1 saturated carbocycles. The Morgan fingerprint density at radius 3 is 2.28 bits per heavy atom. The minimum absolute atomic E-state index is 0.119. The Hall–Kier alpha value is -0.610. The van der Waals surface area contributed by atoms with Crippen LogP contribution in [0, 0.1) is 5.92 Å². The molecule has 0 aromatic carbocycles. The Bertz CT molecular complexity index is 288. The van der Waals surface area contributed by atoms with E-state index in [9.17, 15) is 4.79 Å². The van der Waals surface area contributed by atoms with Crippen LogP contribution in [0.15, 0.2) is 0 Å². The molecule has 1 aliphatic carbocycles. The van der Waals surface area contributed by atoms with Gasteiger partial charge in [0, 0.05) is 18.6 Å². The summed E-state index contributed by atoms with van der Waals surface area (Å²) in [5.74, 6) is 0.291. The molecule has 18 heavy (non-hydrogen) atoms. The maximum Gasteiger partial charge on any atom is 0.327 e.